The van der Waals surface area contributed by atoms with E-state index in [1.807, 2.05) is 18.2 Å². The molecule has 0 spiro atoms. The van der Waals surface area contributed by atoms with Gasteiger partial charge >= 0.3 is 0 Å². The highest BCUT2D eigenvalue weighted by atomic mass is 79.9. The Morgan fingerprint density at radius 2 is 1.77 bits per heavy atom. The van der Waals surface area contributed by atoms with Gasteiger partial charge in [0.25, 0.3) is 5.56 Å². The van der Waals surface area contributed by atoms with Crippen LogP contribution in [0.1, 0.15) is 39.5 Å². The smallest absolute Gasteiger partial charge is 0.270 e. The minimum atomic E-state index is -0.0450. The van der Waals surface area contributed by atoms with Gasteiger partial charge in [0.2, 0.25) is 5.95 Å². The molecule has 0 atom stereocenters. The summed E-state index contributed by atoms with van der Waals surface area (Å²) in [6.45, 7) is 6.21. The lowest BCUT2D eigenvalue weighted by molar-refractivity contribution is 0.663. The summed E-state index contributed by atoms with van der Waals surface area (Å²) in [5, 5.41) is 0. The fraction of sp³-hybridized carbons (Fsp3) is 0.400. The number of benzene rings is 1. The third-order valence-corrected chi connectivity index (χ3v) is 6.06. The highest BCUT2D eigenvalue weighted by Gasteiger charge is 2.14. The Morgan fingerprint density at radius 3 is 2.38 bits per heavy atom. The molecule has 0 saturated carbocycles. The summed E-state index contributed by atoms with van der Waals surface area (Å²) in [5.74, 6) is 0.699. The van der Waals surface area contributed by atoms with E-state index in [4.69, 9.17) is 4.98 Å². The van der Waals surface area contributed by atoms with Crippen molar-refractivity contribution >= 4 is 43.4 Å². The number of thiophene rings is 1. The van der Waals surface area contributed by atoms with Crippen molar-refractivity contribution in [2.45, 2.75) is 39.5 Å². The summed E-state index contributed by atoms with van der Waals surface area (Å²) in [7, 11) is 0. The van der Waals surface area contributed by atoms with Gasteiger partial charge in [-0.3, -0.25) is 9.78 Å². The van der Waals surface area contributed by atoms with E-state index in [9.17, 15) is 4.79 Å². The van der Waals surface area contributed by atoms with E-state index in [0.29, 0.717) is 10.6 Å². The van der Waals surface area contributed by atoms with E-state index in [2.05, 4.69) is 51.8 Å². The monoisotopic (exact) mass is 433 g/mol. The first-order valence-corrected chi connectivity index (χ1v) is 10.8. The number of nitrogens with zero attached hydrogens (tertiary/aromatic N) is 2. The lowest BCUT2D eigenvalue weighted by atomic mass is 10.2. The van der Waals surface area contributed by atoms with E-state index < -0.39 is 0 Å². The molecular weight excluding hydrogens is 410 g/mol. The molecule has 0 fully saturated rings. The molecule has 0 bridgehead atoms. The second kappa shape index (κ2) is 8.82. The van der Waals surface area contributed by atoms with Crippen LogP contribution in [0.2, 0.25) is 0 Å². The van der Waals surface area contributed by atoms with Crippen molar-refractivity contribution in [3.05, 3.63) is 45.2 Å². The lowest BCUT2D eigenvalue weighted by Crippen LogP contribution is -2.29. The number of hydrogen-bond donors (Lipinski definition) is 1. The van der Waals surface area contributed by atoms with Gasteiger partial charge in [-0.25, -0.2) is 4.98 Å². The number of hydrogen-bond acceptors (Lipinski definition) is 4. The van der Waals surface area contributed by atoms with Crippen molar-refractivity contribution in [3.63, 3.8) is 0 Å². The summed E-state index contributed by atoms with van der Waals surface area (Å²) in [4.78, 5) is 23.7. The number of aromatic amines is 1. The van der Waals surface area contributed by atoms with Crippen molar-refractivity contribution in [2.75, 3.05) is 18.0 Å². The van der Waals surface area contributed by atoms with Crippen molar-refractivity contribution in [3.8, 4) is 10.4 Å². The van der Waals surface area contributed by atoms with Crippen LogP contribution in [-0.2, 0) is 0 Å². The van der Waals surface area contributed by atoms with Gasteiger partial charge in [0, 0.05) is 22.4 Å². The second-order valence-corrected chi connectivity index (χ2v) is 8.38. The van der Waals surface area contributed by atoms with Gasteiger partial charge in [0.1, 0.15) is 4.70 Å². The van der Waals surface area contributed by atoms with E-state index in [0.717, 1.165) is 59.2 Å². The molecule has 3 aromatic rings. The number of aromatic nitrogens is 2. The molecule has 0 saturated heterocycles. The summed E-state index contributed by atoms with van der Waals surface area (Å²) in [6.07, 6.45) is 4.45. The molecule has 0 aliphatic heterocycles. The number of unbranched alkanes of at least 4 members (excludes halogenated alkanes) is 2. The number of H-pyrrole nitrogens is 1. The van der Waals surface area contributed by atoms with Gasteiger partial charge in [-0.1, -0.05) is 54.8 Å². The number of anilines is 1. The number of halogens is 1. The Hall–Kier alpha value is -1.66. The van der Waals surface area contributed by atoms with Crippen LogP contribution in [0, 0.1) is 0 Å². The maximum atomic E-state index is 12.6. The molecule has 3 rings (SSSR count). The first-order valence-electron chi connectivity index (χ1n) is 9.17. The van der Waals surface area contributed by atoms with Gasteiger partial charge in [-0.15, -0.1) is 11.3 Å². The van der Waals surface area contributed by atoms with Crippen molar-refractivity contribution in [1.29, 1.82) is 0 Å². The van der Waals surface area contributed by atoms with E-state index >= 15 is 0 Å². The number of rotatable bonds is 8. The molecule has 4 nitrogen and oxygen atoms in total. The molecule has 2 heterocycles. The van der Waals surface area contributed by atoms with E-state index in [1.165, 1.54) is 11.3 Å². The summed E-state index contributed by atoms with van der Waals surface area (Å²) >= 11 is 4.96. The average Bonchev–Trinajstić information content (AvgIpc) is 3.07. The third kappa shape index (κ3) is 4.35. The third-order valence-electron chi connectivity index (χ3n) is 4.36. The summed E-state index contributed by atoms with van der Waals surface area (Å²) in [6, 6.07) is 10.2. The van der Waals surface area contributed by atoms with Gasteiger partial charge in [0.05, 0.1) is 5.52 Å². The summed E-state index contributed by atoms with van der Waals surface area (Å²) < 4.78 is 1.74. The quantitative estimate of drug-likeness (QED) is 0.486. The van der Waals surface area contributed by atoms with Crippen LogP contribution in [-0.4, -0.2) is 23.1 Å². The van der Waals surface area contributed by atoms with Crippen LogP contribution in [0.4, 0.5) is 5.95 Å². The molecule has 26 heavy (non-hydrogen) atoms. The zero-order chi connectivity index (χ0) is 18.5. The van der Waals surface area contributed by atoms with Gasteiger partial charge < -0.3 is 4.90 Å². The maximum Gasteiger partial charge on any atom is 0.270 e. The average molecular weight is 434 g/mol. The van der Waals surface area contributed by atoms with Crippen LogP contribution in [0.15, 0.2) is 39.6 Å². The Bertz CT molecular complexity index is 909. The Morgan fingerprint density at radius 1 is 1.12 bits per heavy atom. The molecule has 0 unspecified atom stereocenters. The fourth-order valence-corrected chi connectivity index (χ4v) is 4.12. The molecule has 0 radical (unpaired) electrons. The Kier molecular flexibility index (Phi) is 6.48. The van der Waals surface area contributed by atoms with E-state index in [-0.39, 0.29) is 5.56 Å². The molecule has 6 heteroatoms. The maximum absolute atomic E-state index is 12.6. The first kappa shape index (κ1) is 19.1. The van der Waals surface area contributed by atoms with Crippen LogP contribution in [0.3, 0.4) is 0 Å². The van der Waals surface area contributed by atoms with Crippen LogP contribution in [0.25, 0.3) is 20.7 Å². The van der Waals surface area contributed by atoms with Gasteiger partial charge in [-0.05, 0) is 36.6 Å². The number of fused-ring (bicyclic) bond motifs is 1. The molecule has 2 aromatic heterocycles. The minimum Gasteiger partial charge on any atom is -0.342 e. The topological polar surface area (TPSA) is 49.0 Å². The zero-order valence-corrected chi connectivity index (χ0v) is 17.6. The molecule has 0 aliphatic carbocycles. The fourth-order valence-electron chi connectivity index (χ4n) is 2.86. The molecule has 1 N–H and O–H groups in total. The normalized spacial score (nSPS) is 11.2. The highest BCUT2D eigenvalue weighted by Crippen LogP contribution is 2.32. The molecule has 0 amide bonds. The molecule has 1 aromatic carbocycles. The van der Waals surface area contributed by atoms with Gasteiger partial charge in [-0.2, -0.15) is 0 Å². The van der Waals surface area contributed by atoms with Gasteiger partial charge in [0.15, 0.2) is 0 Å². The SMILES string of the molecule is CCCCN(CCCC)c1nc2cc(-c3ccc(Br)cc3)sc2c(=O)[nH]1. The number of nitrogens with one attached hydrogen (secondary N) is 1. The highest BCUT2D eigenvalue weighted by molar-refractivity contribution is 9.10. The zero-order valence-electron chi connectivity index (χ0n) is 15.2. The Balaban J connectivity index is 1.97. The van der Waals surface area contributed by atoms with Crippen LogP contribution in [0.5, 0.6) is 0 Å². The second-order valence-electron chi connectivity index (χ2n) is 6.42. The predicted molar refractivity (Wildman–Crippen MR) is 115 cm³/mol. The predicted octanol–water partition coefficient (Wildman–Crippen LogP) is 5.82. The standard InChI is InChI=1S/C20H24BrN3OS/c1-3-5-11-24(12-6-4-2)20-22-16-13-17(26-18(16)19(25)23-20)14-7-9-15(21)10-8-14/h7-10,13H,3-6,11-12H2,1-2H3,(H,22,23,25). The minimum absolute atomic E-state index is 0.0450. The first-order chi connectivity index (χ1) is 12.6. The van der Waals surface area contributed by atoms with Crippen molar-refractivity contribution < 1.29 is 0 Å². The largest absolute Gasteiger partial charge is 0.342 e. The van der Waals surface area contributed by atoms with Crippen molar-refractivity contribution in [2.24, 2.45) is 0 Å². The summed E-state index contributed by atoms with van der Waals surface area (Å²) in [5.41, 5.74) is 1.84. The van der Waals surface area contributed by atoms with E-state index in [1.54, 1.807) is 0 Å². The molecular formula is C20H24BrN3OS. The molecule has 138 valence electrons. The van der Waals surface area contributed by atoms with Crippen molar-refractivity contribution in [1.82, 2.24) is 9.97 Å². The van der Waals surface area contributed by atoms with Crippen LogP contribution >= 0.6 is 27.3 Å². The van der Waals surface area contributed by atoms with Crippen LogP contribution < -0.4 is 10.5 Å². The molecule has 0 aliphatic rings. The Labute approximate surface area is 166 Å². The lowest BCUT2D eigenvalue weighted by Gasteiger charge is -2.22.